The Bertz CT molecular complexity index is 1100. The molecule has 0 aliphatic carbocycles. The molecule has 2 aromatic heterocycles. The Kier molecular flexibility index (Phi) is 4.60. The van der Waals surface area contributed by atoms with Crippen LogP contribution >= 0.6 is 11.3 Å². The summed E-state index contributed by atoms with van der Waals surface area (Å²) in [7, 11) is -2.91. The first kappa shape index (κ1) is 18.3. The zero-order valence-electron chi connectivity index (χ0n) is 15.7. The van der Waals surface area contributed by atoms with Gasteiger partial charge in [0.25, 0.3) is 0 Å². The number of benzene rings is 1. The fourth-order valence-corrected chi connectivity index (χ4v) is 6.31. The molecule has 0 unspecified atom stereocenters. The Balaban J connectivity index is 1.61. The molecule has 0 saturated carbocycles. The number of nitrogens with one attached hydrogen (secondary N) is 1. The van der Waals surface area contributed by atoms with Gasteiger partial charge in [0.1, 0.15) is 0 Å². The van der Waals surface area contributed by atoms with Crippen LogP contribution in [0.2, 0.25) is 0 Å². The van der Waals surface area contributed by atoms with Crippen molar-refractivity contribution >= 4 is 32.0 Å². The molecule has 1 aliphatic heterocycles. The van der Waals surface area contributed by atoms with Gasteiger partial charge in [0, 0.05) is 34.1 Å². The summed E-state index contributed by atoms with van der Waals surface area (Å²) in [6.45, 7) is 6.16. The highest BCUT2D eigenvalue weighted by atomic mass is 32.2. The summed E-state index contributed by atoms with van der Waals surface area (Å²) in [6, 6.07) is 10.4. The molecule has 1 saturated heterocycles. The van der Waals surface area contributed by atoms with Crippen molar-refractivity contribution in [1.29, 1.82) is 0 Å². The van der Waals surface area contributed by atoms with E-state index in [1.165, 1.54) is 5.56 Å². The van der Waals surface area contributed by atoms with Crippen molar-refractivity contribution in [3.63, 3.8) is 0 Å². The molecule has 1 atom stereocenters. The summed E-state index contributed by atoms with van der Waals surface area (Å²) >= 11 is 1.57. The highest BCUT2D eigenvalue weighted by molar-refractivity contribution is 7.91. The van der Waals surface area contributed by atoms with Gasteiger partial charge in [-0.2, -0.15) is 0 Å². The van der Waals surface area contributed by atoms with Gasteiger partial charge in [0.05, 0.1) is 17.2 Å². The largest absolute Gasteiger partial charge is 0.344 e. The number of nitrogens with zero attached hydrogens (tertiary/aromatic N) is 2. The standard InChI is InChI=1S/C20H23N3O2S2/c1-13-5-4-6-16(9-13)21-20-22-19(11-26-20)18-10-14(2)23(15(18)3)17-7-8-27(24,25)12-17/h4-6,9-11,17H,7-8,12H2,1-3H3,(H,21,22)/t17-/m1/s1. The number of anilines is 2. The molecular weight excluding hydrogens is 378 g/mol. The van der Waals surface area contributed by atoms with E-state index >= 15 is 0 Å². The third kappa shape index (κ3) is 3.66. The van der Waals surface area contributed by atoms with E-state index in [-0.39, 0.29) is 17.5 Å². The number of hydrogen-bond acceptors (Lipinski definition) is 5. The number of aryl methyl sites for hydroxylation is 2. The number of hydrogen-bond donors (Lipinski definition) is 1. The summed E-state index contributed by atoms with van der Waals surface area (Å²) in [5.74, 6) is 0.519. The van der Waals surface area contributed by atoms with Gasteiger partial charge in [-0.3, -0.25) is 0 Å². The van der Waals surface area contributed by atoms with Crippen LogP contribution in [0.25, 0.3) is 11.3 Å². The van der Waals surface area contributed by atoms with Crippen molar-refractivity contribution < 1.29 is 8.42 Å². The minimum Gasteiger partial charge on any atom is -0.344 e. The van der Waals surface area contributed by atoms with Gasteiger partial charge in [-0.05, 0) is 51.0 Å². The lowest BCUT2D eigenvalue weighted by Crippen LogP contribution is -2.13. The van der Waals surface area contributed by atoms with Gasteiger partial charge < -0.3 is 9.88 Å². The smallest absolute Gasteiger partial charge is 0.187 e. The molecule has 1 N–H and O–H groups in total. The van der Waals surface area contributed by atoms with E-state index in [0.29, 0.717) is 6.42 Å². The normalized spacial score (nSPS) is 18.7. The average Bonchev–Trinajstić information content (AvgIpc) is 3.26. The van der Waals surface area contributed by atoms with Crippen LogP contribution in [-0.4, -0.2) is 29.5 Å². The second-order valence-electron chi connectivity index (χ2n) is 7.24. The Morgan fingerprint density at radius 2 is 2.04 bits per heavy atom. The van der Waals surface area contributed by atoms with Crippen molar-refractivity contribution in [2.75, 3.05) is 16.8 Å². The molecule has 3 heterocycles. The third-order valence-electron chi connectivity index (χ3n) is 5.11. The summed E-state index contributed by atoms with van der Waals surface area (Å²) in [5.41, 5.74) is 6.40. The lowest BCUT2D eigenvalue weighted by Gasteiger charge is -2.16. The van der Waals surface area contributed by atoms with Gasteiger partial charge in [-0.1, -0.05) is 12.1 Å². The van der Waals surface area contributed by atoms with E-state index in [1.54, 1.807) is 11.3 Å². The summed E-state index contributed by atoms with van der Waals surface area (Å²) in [4.78, 5) is 4.75. The fraction of sp³-hybridized carbons (Fsp3) is 0.350. The highest BCUT2D eigenvalue weighted by Gasteiger charge is 2.31. The molecule has 7 heteroatoms. The molecular formula is C20H23N3O2S2. The van der Waals surface area contributed by atoms with Gasteiger partial charge >= 0.3 is 0 Å². The number of sulfone groups is 1. The monoisotopic (exact) mass is 401 g/mol. The van der Waals surface area contributed by atoms with E-state index in [1.807, 2.05) is 19.1 Å². The Labute approximate surface area is 164 Å². The first-order valence-electron chi connectivity index (χ1n) is 9.01. The predicted octanol–water partition coefficient (Wildman–Crippen LogP) is 4.64. The highest BCUT2D eigenvalue weighted by Crippen LogP contribution is 2.35. The maximum absolute atomic E-state index is 11.9. The topological polar surface area (TPSA) is 64.0 Å². The summed E-state index contributed by atoms with van der Waals surface area (Å²) < 4.78 is 25.9. The van der Waals surface area contributed by atoms with E-state index in [0.717, 1.165) is 33.5 Å². The maximum atomic E-state index is 11.9. The van der Waals surface area contributed by atoms with Gasteiger partial charge in [0.2, 0.25) is 0 Å². The van der Waals surface area contributed by atoms with Crippen LogP contribution in [0.4, 0.5) is 10.8 Å². The molecule has 0 amide bonds. The Morgan fingerprint density at radius 3 is 2.74 bits per heavy atom. The van der Waals surface area contributed by atoms with Crippen molar-refractivity contribution in [1.82, 2.24) is 9.55 Å². The van der Waals surface area contributed by atoms with E-state index < -0.39 is 9.84 Å². The molecule has 1 aliphatic rings. The van der Waals surface area contributed by atoms with Crippen LogP contribution < -0.4 is 5.32 Å². The van der Waals surface area contributed by atoms with Crippen molar-refractivity contribution in [3.8, 4) is 11.3 Å². The zero-order chi connectivity index (χ0) is 19.2. The lowest BCUT2D eigenvalue weighted by molar-refractivity contribution is 0.536. The first-order valence-corrected chi connectivity index (χ1v) is 11.7. The summed E-state index contributed by atoms with van der Waals surface area (Å²) in [5, 5.41) is 6.26. The SMILES string of the molecule is Cc1cccc(Nc2nc(-c3cc(C)n([C@@H]4CCS(=O)(=O)C4)c3C)cs2)c1. The molecule has 0 radical (unpaired) electrons. The predicted molar refractivity (Wildman–Crippen MR) is 112 cm³/mol. The van der Waals surface area contributed by atoms with Crippen molar-refractivity contribution in [2.24, 2.45) is 0 Å². The van der Waals surface area contributed by atoms with E-state index in [9.17, 15) is 8.42 Å². The lowest BCUT2D eigenvalue weighted by atomic mass is 10.2. The minimum absolute atomic E-state index is 0.0345. The van der Waals surface area contributed by atoms with Crippen molar-refractivity contribution in [2.45, 2.75) is 33.2 Å². The van der Waals surface area contributed by atoms with Gasteiger partial charge in [-0.25, -0.2) is 13.4 Å². The van der Waals surface area contributed by atoms with Crippen LogP contribution in [-0.2, 0) is 9.84 Å². The van der Waals surface area contributed by atoms with Crippen LogP contribution in [0.3, 0.4) is 0 Å². The van der Waals surface area contributed by atoms with Gasteiger partial charge in [-0.15, -0.1) is 11.3 Å². The van der Waals surface area contributed by atoms with Crippen LogP contribution in [0.15, 0.2) is 35.7 Å². The average molecular weight is 402 g/mol. The molecule has 1 fully saturated rings. The van der Waals surface area contributed by atoms with Gasteiger partial charge in [0.15, 0.2) is 15.0 Å². The number of thiazole rings is 1. The van der Waals surface area contributed by atoms with Crippen LogP contribution in [0.5, 0.6) is 0 Å². The molecule has 0 bridgehead atoms. The molecule has 5 nitrogen and oxygen atoms in total. The zero-order valence-corrected chi connectivity index (χ0v) is 17.3. The Morgan fingerprint density at radius 1 is 1.22 bits per heavy atom. The second kappa shape index (κ2) is 6.80. The van der Waals surface area contributed by atoms with Crippen LogP contribution in [0, 0.1) is 20.8 Å². The van der Waals surface area contributed by atoms with Crippen LogP contribution in [0.1, 0.15) is 29.4 Å². The molecule has 142 valence electrons. The Hall–Kier alpha value is -2.12. The molecule has 0 spiro atoms. The van der Waals surface area contributed by atoms with E-state index in [2.05, 4.69) is 47.3 Å². The number of rotatable bonds is 4. The van der Waals surface area contributed by atoms with Crippen molar-refractivity contribution in [3.05, 3.63) is 52.7 Å². The van der Waals surface area contributed by atoms with E-state index in [4.69, 9.17) is 4.98 Å². The molecule has 4 rings (SSSR count). The fourth-order valence-electron chi connectivity index (χ4n) is 3.88. The molecule has 3 aromatic rings. The second-order valence-corrected chi connectivity index (χ2v) is 10.3. The summed E-state index contributed by atoms with van der Waals surface area (Å²) in [6.07, 6.45) is 0.690. The maximum Gasteiger partial charge on any atom is 0.187 e. The first-order chi connectivity index (χ1) is 12.8. The third-order valence-corrected chi connectivity index (χ3v) is 7.62. The molecule has 27 heavy (non-hydrogen) atoms. The minimum atomic E-state index is -2.91. The molecule has 1 aromatic carbocycles. The number of aromatic nitrogens is 2. The quantitative estimate of drug-likeness (QED) is 0.692.